The van der Waals surface area contributed by atoms with E-state index in [0.717, 1.165) is 31.2 Å². The molecule has 0 saturated heterocycles. The van der Waals surface area contributed by atoms with Crippen LogP contribution in [0.3, 0.4) is 0 Å². The number of nitrogens with zero attached hydrogens (tertiary/aromatic N) is 4. The van der Waals surface area contributed by atoms with Crippen LogP contribution in [0.15, 0.2) is 67.3 Å². The SMILES string of the molecule is CC(C)OC(=O)[C@H](C)N[P@](=O)(CO[C@H](C)Cn1cnc2c(N)ncnc21)Oc1ccc(C[C@H](NC(=O)OCc2ccccc2)C(=O)NC2CCCC2)cc1. The first-order chi connectivity index (χ1) is 25.9. The summed E-state index contributed by atoms with van der Waals surface area (Å²) in [5, 5.41) is 8.59. The van der Waals surface area contributed by atoms with Crippen LogP contribution >= 0.6 is 7.52 Å². The van der Waals surface area contributed by atoms with Crippen molar-refractivity contribution in [3.63, 3.8) is 0 Å². The van der Waals surface area contributed by atoms with Crippen molar-refractivity contribution in [1.29, 1.82) is 0 Å². The number of nitrogens with two attached hydrogens (primary N) is 1. The Morgan fingerprint density at radius 3 is 2.39 bits per heavy atom. The van der Waals surface area contributed by atoms with Gasteiger partial charge in [0, 0.05) is 12.5 Å². The van der Waals surface area contributed by atoms with Crippen LogP contribution in [-0.4, -0.2) is 74.2 Å². The van der Waals surface area contributed by atoms with Gasteiger partial charge in [-0.15, -0.1) is 0 Å². The van der Waals surface area contributed by atoms with E-state index in [1.54, 1.807) is 55.9 Å². The Labute approximate surface area is 314 Å². The van der Waals surface area contributed by atoms with Crippen LogP contribution in [-0.2, 0) is 47.9 Å². The van der Waals surface area contributed by atoms with E-state index in [1.807, 2.05) is 30.3 Å². The van der Waals surface area contributed by atoms with Crippen LogP contribution in [0.4, 0.5) is 10.6 Å². The lowest BCUT2D eigenvalue weighted by Crippen LogP contribution is -2.50. The monoisotopic (exact) mass is 764 g/mol. The zero-order chi connectivity index (χ0) is 38.7. The highest BCUT2D eigenvalue weighted by Gasteiger charge is 2.32. The van der Waals surface area contributed by atoms with E-state index in [4.69, 9.17) is 24.5 Å². The lowest BCUT2D eigenvalue weighted by molar-refractivity contribution is -0.149. The van der Waals surface area contributed by atoms with Crippen LogP contribution in [0, 0.1) is 0 Å². The number of hydrogen-bond acceptors (Lipinski definition) is 12. The first-order valence-electron chi connectivity index (χ1n) is 18.0. The Hall–Kier alpha value is -5.05. The smallest absolute Gasteiger partial charge is 0.408 e. The quantitative estimate of drug-likeness (QED) is 0.0788. The fourth-order valence-electron chi connectivity index (χ4n) is 5.94. The maximum absolute atomic E-state index is 14.3. The molecule has 16 nitrogen and oxygen atoms in total. The van der Waals surface area contributed by atoms with Crippen molar-refractivity contribution < 1.29 is 37.7 Å². The van der Waals surface area contributed by atoms with Gasteiger partial charge in [0.05, 0.1) is 25.1 Å². The standard InChI is InChI=1S/C37H49N8O8P/c1-24(2)52-36(47)26(4)44-54(49,23-51-25(3)19-45-22-41-32-33(38)39-21-40-34(32)45)53-30-16-14-27(15-17-30)18-31(35(46)42-29-12-8-9-13-29)43-37(48)50-20-28-10-6-5-7-11-28/h5-7,10-11,14-17,21-22,24-26,29,31H,8-9,12-13,18-20,23H2,1-4H3,(H,42,46)(H,43,48)(H,44,49)(H2,38,39,40)/t25-,26+,31+,54+/m1/s1. The van der Waals surface area contributed by atoms with Crippen LogP contribution in [0.25, 0.3) is 11.2 Å². The summed E-state index contributed by atoms with van der Waals surface area (Å²) in [6.45, 7) is 7.12. The van der Waals surface area contributed by atoms with E-state index in [2.05, 4.69) is 30.7 Å². The minimum Gasteiger partial charge on any atom is -0.462 e. The Morgan fingerprint density at radius 2 is 1.69 bits per heavy atom. The minimum absolute atomic E-state index is 0.0526. The van der Waals surface area contributed by atoms with Crippen molar-refractivity contribution in [2.24, 2.45) is 0 Å². The predicted octanol–water partition coefficient (Wildman–Crippen LogP) is 4.87. The molecule has 2 aromatic heterocycles. The lowest BCUT2D eigenvalue weighted by Gasteiger charge is -2.25. The van der Waals surface area contributed by atoms with Crippen LogP contribution < -0.4 is 26.0 Å². The van der Waals surface area contributed by atoms with Crippen molar-refractivity contribution in [2.45, 2.75) is 103 Å². The fraction of sp³-hybridized carbons (Fsp3) is 0.459. The number of alkyl carbamates (subject to hydrolysis) is 1. The van der Waals surface area contributed by atoms with Gasteiger partial charge in [0.15, 0.2) is 11.5 Å². The molecule has 1 fully saturated rings. The molecule has 5 rings (SSSR count). The number of anilines is 1. The van der Waals surface area contributed by atoms with E-state index >= 15 is 0 Å². The molecule has 0 spiro atoms. The van der Waals surface area contributed by atoms with Crippen LogP contribution in [0.1, 0.15) is 64.5 Å². The Morgan fingerprint density at radius 1 is 0.963 bits per heavy atom. The van der Waals surface area contributed by atoms with E-state index in [0.29, 0.717) is 23.3 Å². The van der Waals surface area contributed by atoms with Crippen molar-refractivity contribution >= 4 is 42.5 Å². The molecular formula is C37H49N8O8P. The molecule has 290 valence electrons. The molecule has 1 aliphatic carbocycles. The first kappa shape index (κ1) is 40.1. The number of esters is 1. The molecule has 5 N–H and O–H groups in total. The number of benzene rings is 2. The molecule has 0 radical (unpaired) electrons. The largest absolute Gasteiger partial charge is 0.462 e. The van der Waals surface area contributed by atoms with Crippen molar-refractivity contribution in [1.82, 2.24) is 35.2 Å². The summed E-state index contributed by atoms with van der Waals surface area (Å²) in [4.78, 5) is 51.4. The summed E-state index contributed by atoms with van der Waals surface area (Å²) in [5.74, 6) is -0.426. The molecule has 4 atom stereocenters. The summed E-state index contributed by atoms with van der Waals surface area (Å²) in [6, 6.07) is 14.0. The van der Waals surface area contributed by atoms with Gasteiger partial charge in [-0.3, -0.25) is 14.2 Å². The Balaban J connectivity index is 1.26. The third kappa shape index (κ3) is 11.7. The van der Waals surface area contributed by atoms with E-state index in [1.165, 1.54) is 13.3 Å². The van der Waals surface area contributed by atoms with Crippen LogP contribution in [0.5, 0.6) is 5.75 Å². The van der Waals surface area contributed by atoms with Gasteiger partial charge >= 0.3 is 19.6 Å². The summed E-state index contributed by atoms with van der Waals surface area (Å²) in [5.41, 5.74) is 8.43. The maximum atomic E-state index is 14.3. The lowest BCUT2D eigenvalue weighted by atomic mass is 10.0. The van der Waals surface area contributed by atoms with E-state index in [9.17, 15) is 18.9 Å². The Bertz CT molecular complexity index is 1900. The van der Waals surface area contributed by atoms with Gasteiger partial charge in [-0.1, -0.05) is 55.3 Å². The maximum Gasteiger partial charge on any atom is 0.408 e. The van der Waals surface area contributed by atoms with Crippen molar-refractivity contribution in [2.75, 3.05) is 12.1 Å². The molecule has 0 unspecified atom stereocenters. The molecule has 1 aliphatic rings. The van der Waals surface area contributed by atoms with Crippen LogP contribution in [0.2, 0.25) is 0 Å². The minimum atomic E-state index is -3.90. The van der Waals surface area contributed by atoms with Crippen molar-refractivity contribution in [3.8, 4) is 5.75 Å². The number of aromatic nitrogens is 4. The normalized spacial score (nSPS) is 15.9. The van der Waals surface area contributed by atoms with E-state index in [-0.39, 0.29) is 42.6 Å². The zero-order valence-corrected chi connectivity index (χ0v) is 31.9. The zero-order valence-electron chi connectivity index (χ0n) is 31.0. The third-order valence-corrected chi connectivity index (χ3v) is 10.4. The molecule has 2 aromatic carbocycles. The highest BCUT2D eigenvalue weighted by atomic mass is 31.2. The molecule has 2 heterocycles. The molecule has 54 heavy (non-hydrogen) atoms. The highest BCUT2D eigenvalue weighted by Crippen LogP contribution is 2.44. The second-order valence-electron chi connectivity index (χ2n) is 13.6. The first-order valence-corrected chi connectivity index (χ1v) is 19.8. The summed E-state index contributed by atoms with van der Waals surface area (Å²) < 4.78 is 38.8. The number of imidazole rings is 1. The highest BCUT2D eigenvalue weighted by molar-refractivity contribution is 7.57. The van der Waals surface area contributed by atoms with Gasteiger partial charge in [0.1, 0.15) is 42.6 Å². The molecule has 1 saturated carbocycles. The number of fused-ring (bicyclic) bond motifs is 1. The summed E-state index contributed by atoms with van der Waals surface area (Å²) in [7, 11) is -3.90. The second-order valence-corrected chi connectivity index (χ2v) is 15.7. The number of hydrogen-bond donors (Lipinski definition) is 4. The summed E-state index contributed by atoms with van der Waals surface area (Å²) in [6.07, 6.45) is 4.96. The number of amides is 2. The molecule has 17 heteroatoms. The number of carbonyl (C=O) groups is 3. The second kappa shape index (κ2) is 18.8. The topological polar surface area (TPSA) is 211 Å². The fourth-order valence-corrected chi connectivity index (χ4v) is 7.73. The molecule has 0 bridgehead atoms. The number of ether oxygens (including phenoxy) is 3. The third-order valence-electron chi connectivity index (χ3n) is 8.65. The molecule has 4 aromatic rings. The van der Waals surface area contributed by atoms with Gasteiger partial charge in [-0.2, -0.15) is 0 Å². The number of rotatable bonds is 18. The number of nitrogens with one attached hydrogen (secondary N) is 3. The van der Waals surface area contributed by atoms with E-state index < -0.39 is 44.1 Å². The summed E-state index contributed by atoms with van der Waals surface area (Å²) >= 11 is 0. The average Bonchev–Trinajstić information content (AvgIpc) is 3.81. The molecule has 2 amide bonds. The van der Waals surface area contributed by atoms with Crippen molar-refractivity contribution in [3.05, 3.63) is 78.4 Å². The number of carbonyl (C=O) groups excluding carboxylic acids is 3. The van der Waals surface area contributed by atoms with Gasteiger partial charge < -0.3 is 39.7 Å². The van der Waals surface area contributed by atoms with Gasteiger partial charge in [-0.05, 0) is 63.8 Å². The predicted molar refractivity (Wildman–Crippen MR) is 201 cm³/mol. The number of nitrogen functional groups attached to an aromatic ring is 1. The van der Waals surface area contributed by atoms with Gasteiger partial charge in [0.25, 0.3) is 0 Å². The average molecular weight is 765 g/mol. The molecular weight excluding hydrogens is 715 g/mol. The van der Waals surface area contributed by atoms with Gasteiger partial charge in [-0.25, -0.2) is 24.8 Å². The Kier molecular flexibility index (Phi) is 14.0. The molecule has 0 aliphatic heterocycles. The van der Waals surface area contributed by atoms with Gasteiger partial charge in [0.2, 0.25) is 5.91 Å².